The molecule has 0 aromatic carbocycles. The first-order valence-corrected chi connectivity index (χ1v) is 3.14. The molecule has 0 amide bonds. The van der Waals surface area contributed by atoms with E-state index >= 15 is 0 Å². The second-order valence-corrected chi connectivity index (χ2v) is 2.35. The molecule has 1 fully saturated rings. The lowest BCUT2D eigenvalue weighted by atomic mass is 10.3. The lowest BCUT2D eigenvalue weighted by Crippen LogP contribution is -2.42. The Labute approximate surface area is 65.9 Å². The van der Waals surface area contributed by atoms with Crippen LogP contribution < -0.4 is 11.1 Å². The first-order chi connectivity index (χ1) is 5.45. The van der Waals surface area contributed by atoms with Crippen LogP contribution in [0.3, 0.4) is 0 Å². The van der Waals surface area contributed by atoms with Gasteiger partial charge in [0, 0.05) is 0 Å². The quantitative estimate of drug-likeness (QED) is 0.531. The molecule has 0 radical (unpaired) electrons. The summed E-state index contributed by atoms with van der Waals surface area (Å²) in [5.74, 6) is 0. The summed E-state index contributed by atoms with van der Waals surface area (Å²) in [6, 6.07) is -1.09. The van der Waals surface area contributed by atoms with Gasteiger partial charge in [-0.3, -0.25) is 5.32 Å². The van der Waals surface area contributed by atoms with E-state index in [0.717, 1.165) is 0 Å². The molecule has 12 heavy (non-hydrogen) atoms. The molecule has 0 aromatic heterocycles. The zero-order valence-electron chi connectivity index (χ0n) is 5.84. The summed E-state index contributed by atoms with van der Waals surface area (Å²) in [5, 5.41) is 1.89. The number of carbonyl (C=O) groups excluding carboxylic acids is 1. The standard InChI is InChI=1S/C5H7F3N2O2/c6-5(7,8)4-10-2(1-11)3(9)12-4/h1-4,10H,9H2. The molecule has 0 saturated carbocycles. The summed E-state index contributed by atoms with van der Waals surface area (Å²) in [7, 11) is 0. The third-order valence-electron chi connectivity index (χ3n) is 1.43. The van der Waals surface area contributed by atoms with E-state index in [0.29, 0.717) is 0 Å². The molecule has 70 valence electrons. The van der Waals surface area contributed by atoms with E-state index in [1.807, 2.05) is 5.32 Å². The van der Waals surface area contributed by atoms with Crippen molar-refractivity contribution in [1.82, 2.24) is 5.32 Å². The Kier molecular flexibility index (Phi) is 2.36. The SMILES string of the molecule is NC1OC(C(F)(F)F)NC1C=O. The normalized spacial score (nSPS) is 36.8. The Bertz CT molecular complexity index is 184. The Morgan fingerprint density at radius 3 is 2.33 bits per heavy atom. The van der Waals surface area contributed by atoms with E-state index < -0.39 is 24.7 Å². The average molecular weight is 184 g/mol. The number of alkyl halides is 3. The van der Waals surface area contributed by atoms with E-state index in [2.05, 4.69) is 4.74 Å². The topological polar surface area (TPSA) is 64.3 Å². The van der Waals surface area contributed by atoms with Gasteiger partial charge in [-0.2, -0.15) is 13.2 Å². The first-order valence-electron chi connectivity index (χ1n) is 3.14. The molecule has 1 rings (SSSR count). The molecule has 4 nitrogen and oxygen atoms in total. The summed E-state index contributed by atoms with van der Waals surface area (Å²) in [6.07, 6.45) is -7.61. The molecular formula is C5H7F3N2O2. The van der Waals surface area contributed by atoms with Gasteiger partial charge in [0.2, 0.25) is 6.23 Å². The molecule has 1 aliphatic rings. The molecule has 3 N–H and O–H groups in total. The zero-order valence-corrected chi connectivity index (χ0v) is 5.84. The van der Waals surface area contributed by atoms with Crippen molar-refractivity contribution in [3.63, 3.8) is 0 Å². The molecule has 0 spiro atoms. The van der Waals surface area contributed by atoms with Gasteiger partial charge in [0.1, 0.15) is 18.6 Å². The molecular weight excluding hydrogens is 177 g/mol. The number of nitrogens with one attached hydrogen (secondary N) is 1. The predicted molar refractivity (Wildman–Crippen MR) is 31.9 cm³/mol. The van der Waals surface area contributed by atoms with Crippen molar-refractivity contribution >= 4 is 6.29 Å². The van der Waals surface area contributed by atoms with Crippen LogP contribution in [0, 0.1) is 0 Å². The van der Waals surface area contributed by atoms with Gasteiger partial charge in [-0.15, -0.1) is 0 Å². The molecule has 0 aliphatic carbocycles. The molecule has 1 aliphatic heterocycles. The number of carbonyl (C=O) groups is 1. The van der Waals surface area contributed by atoms with Crippen molar-refractivity contribution in [3.8, 4) is 0 Å². The van der Waals surface area contributed by atoms with Gasteiger partial charge in [-0.1, -0.05) is 0 Å². The summed E-state index contributed by atoms with van der Waals surface area (Å²) < 4.78 is 39.9. The minimum Gasteiger partial charge on any atom is -0.334 e. The molecule has 3 unspecified atom stereocenters. The molecule has 1 heterocycles. The zero-order chi connectivity index (χ0) is 9.35. The molecule has 3 atom stereocenters. The lowest BCUT2D eigenvalue weighted by molar-refractivity contribution is -0.220. The highest BCUT2D eigenvalue weighted by molar-refractivity contribution is 5.59. The van der Waals surface area contributed by atoms with Gasteiger partial charge in [0.05, 0.1) is 0 Å². The van der Waals surface area contributed by atoms with Crippen LogP contribution in [-0.4, -0.2) is 31.0 Å². The maximum Gasteiger partial charge on any atom is 0.428 e. The smallest absolute Gasteiger partial charge is 0.334 e. The third kappa shape index (κ3) is 1.74. The number of hydrogen-bond donors (Lipinski definition) is 2. The second kappa shape index (κ2) is 3.00. The van der Waals surface area contributed by atoms with Crippen molar-refractivity contribution in [2.24, 2.45) is 5.73 Å². The largest absolute Gasteiger partial charge is 0.428 e. The van der Waals surface area contributed by atoms with Crippen LogP contribution in [0.4, 0.5) is 13.2 Å². The van der Waals surface area contributed by atoms with Crippen molar-refractivity contribution in [3.05, 3.63) is 0 Å². The fourth-order valence-electron chi connectivity index (χ4n) is 0.839. The van der Waals surface area contributed by atoms with E-state index in [1.54, 1.807) is 0 Å². The van der Waals surface area contributed by atoms with Crippen molar-refractivity contribution in [2.45, 2.75) is 24.7 Å². The summed E-state index contributed by atoms with van der Waals surface area (Å²) in [6.45, 7) is 0. The Morgan fingerprint density at radius 2 is 2.08 bits per heavy atom. The van der Waals surface area contributed by atoms with E-state index in [4.69, 9.17) is 5.73 Å². The Morgan fingerprint density at radius 1 is 1.50 bits per heavy atom. The van der Waals surface area contributed by atoms with Crippen LogP contribution in [0.15, 0.2) is 0 Å². The van der Waals surface area contributed by atoms with Gasteiger partial charge in [-0.25, -0.2) is 0 Å². The number of aldehydes is 1. The van der Waals surface area contributed by atoms with E-state index in [1.165, 1.54) is 0 Å². The van der Waals surface area contributed by atoms with Crippen molar-refractivity contribution in [2.75, 3.05) is 0 Å². The minimum atomic E-state index is -4.53. The van der Waals surface area contributed by atoms with Crippen LogP contribution in [0.2, 0.25) is 0 Å². The third-order valence-corrected chi connectivity index (χ3v) is 1.43. The fourth-order valence-corrected chi connectivity index (χ4v) is 0.839. The van der Waals surface area contributed by atoms with Gasteiger partial charge in [-0.05, 0) is 0 Å². The molecule has 1 saturated heterocycles. The minimum absolute atomic E-state index is 0.288. The summed E-state index contributed by atoms with van der Waals surface area (Å²) >= 11 is 0. The highest BCUT2D eigenvalue weighted by Gasteiger charge is 2.48. The van der Waals surface area contributed by atoms with Gasteiger partial charge in [0.25, 0.3) is 0 Å². The number of nitrogens with two attached hydrogens (primary N) is 1. The van der Waals surface area contributed by atoms with Crippen LogP contribution in [0.1, 0.15) is 0 Å². The van der Waals surface area contributed by atoms with E-state index in [9.17, 15) is 18.0 Å². The Hall–Kier alpha value is -0.660. The van der Waals surface area contributed by atoms with Crippen LogP contribution in [0.25, 0.3) is 0 Å². The summed E-state index contributed by atoms with van der Waals surface area (Å²) in [5.41, 5.74) is 5.06. The molecule has 0 aromatic rings. The maximum absolute atomic E-state index is 11.9. The predicted octanol–water partition coefficient (Wildman–Crippen LogP) is -0.653. The molecule has 7 heteroatoms. The van der Waals surface area contributed by atoms with Gasteiger partial charge >= 0.3 is 6.18 Å². The number of rotatable bonds is 1. The monoisotopic (exact) mass is 184 g/mol. The van der Waals surface area contributed by atoms with Gasteiger partial charge in [0.15, 0.2) is 0 Å². The highest BCUT2D eigenvalue weighted by Crippen LogP contribution is 2.25. The first kappa shape index (κ1) is 9.43. The molecule has 0 bridgehead atoms. The van der Waals surface area contributed by atoms with Crippen molar-refractivity contribution in [1.29, 1.82) is 0 Å². The summed E-state index contributed by atoms with van der Waals surface area (Å²) in [4.78, 5) is 10.1. The van der Waals surface area contributed by atoms with Crippen LogP contribution in [0.5, 0.6) is 0 Å². The van der Waals surface area contributed by atoms with Crippen LogP contribution >= 0.6 is 0 Å². The average Bonchev–Trinajstić information content (AvgIpc) is 2.29. The van der Waals surface area contributed by atoms with E-state index in [-0.39, 0.29) is 6.29 Å². The van der Waals surface area contributed by atoms with Crippen molar-refractivity contribution < 1.29 is 22.7 Å². The van der Waals surface area contributed by atoms with Crippen LogP contribution in [-0.2, 0) is 9.53 Å². The van der Waals surface area contributed by atoms with Gasteiger partial charge < -0.3 is 15.3 Å². The number of ether oxygens (including phenoxy) is 1. The second-order valence-electron chi connectivity index (χ2n) is 2.35. The number of hydrogen-bond acceptors (Lipinski definition) is 4. The Balaban J connectivity index is 2.60. The maximum atomic E-state index is 11.9. The fraction of sp³-hybridized carbons (Fsp3) is 0.800. The highest BCUT2D eigenvalue weighted by atomic mass is 19.4. The lowest BCUT2D eigenvalue weighted by Gasteiger charge is -2.13. The number of halogens is 3.